The Morgan fingerprint density at radius 1 is 1.18 bits per heavy atom. The zero-order valence-electron chi connectivity index (χ0n) is 19.2. The van der Waals surface area contributed by atoms with Crippen molar-refractivity contribution >= 4 is 16.6 Å². The van der Waals surface area contributed by atoms with Crippen LogP contribution in [0.1, 0.15) is 38.4 Å². The molecule has 1 aromatic carbocycles. The summed E-state index contributed by atoms with van der Waals surface area (Å²) < 4.78 is 7.70. The quantitative estimate of drug-likeness (QED) is 0.473. The molecule has 0 saturated carbocycles. The second-order valence-electron chi connectivity index (χ2n) is 8.64. The highest BCUT2D eigenvalue weighted by molar-refractivity contribution is 5.96. The van der Waals surface area contributed by atoms with E-state index in [-0.39, 0.29) is 12.1 Å². The summed E-state index contributed by atoms with van der Waals surface area (Å²) in [4.78, 5) is 11.8. The highest BCUT2D eigenvalue weighted by Crippen LogP contribution is 2.35. The molecule has 4 aromatic rings. The summed E-state index contributed by atoms with van der Waals surface area (Å²) in [6.07, 6.45) is 5.85. The molecule has 1 unspecified atom stereocenters. The van der Waals surface area contributed by atoms with E-state index in [1.54, 1.807) is 6.20 Å². The van der Waals surface area contributed by atoms with Gasteiger partial charge in [-0.05, 0) is 49.7 Å². The summed E-state index contributed by atoms with van der Waals surface area (Å²) in [5.74, 6) is 0.789. The minimum absolute atomic E-state index is 0.0581. The van der Waals surface area contributed by atoms with Gasteiger partial charge in [0.15, 0.2) is 5.82 Å². The van der Waals surface area contributed by atoms with Crippen LogP contribution in [-0.4, -0.2) is 45.5 Å². The van der Waals surface area contributed by atoms with Crippen molar-refractivity contribution in [2.24, 2.45) is 5.73 Å². The summed E-state index contributed by atoms with van der Waals surface area (Å²) in [7, 11) is 0. The van der Waals surface area contributed by atoms with Gasteiger partial charge in [-0.3, -0.25) is 4.98 Å². The molecule has 0 amide bonds. The first kappa shape index (κ1) is 21.6. The average molecular weight is 443 g/mol. The minimum atomic E-state index is -0.0581. The number of benzene rings is 1. The molecule has 0 radical (unpaired) electrons. The Hall–Kier alpha value is -3.29. The molecule has 5 rings (SSSR count). The molecule has 170 valence electrons. The van der Waals surface area contributed by atoms with Gasteiger partial charge in [0.05, 0.1) is 35.8 Å². The number of rotatable bonds is 6. The fraction of sp³-hybridized carbons (Fsp3) is 0.346. The van der Waals surface area contributed by atoms with Gasteiger partial charge in [-0.15, -0.1) is 0 Å². The van der Waals surface area contributed by atoms with Gasteiger partial charge < -0.3 is 15.4 Å². The third-order valence-electron chi connectivity index (χ3n) is 6.16. The highest BCUT2D eigenvalue weighted by atomic mass is 16.5. The molecular formula is C26H30N6O. The summed E-state index contributed by atoms with van der Waals surface area (Å²) in [6.45, 7) is 6.65. The first-order valence-electron chi connectivity index (χ1n) is 11.7. The van der Waals surface area contributed by atoms with Crippen molar-refractivity contribution in [1.29, 1.82) is 0 Å². The lowest BCUT2D eigenvalue weighted by atomic mass is 10.0. The Labute approximate surface area is 194 Å². The van der Waals surface area contributed by atoms with E-state index in [1.807, 2.05) is 41.2 Å². The van der Waals surface area contributed by atoms with Crippen molar-refractivity contribution in [3.8, 4) is 17.1 Å². The van der Waals surface area contributed by atoms with E-state index in [0.29, 0.717) is 6.61 Å². The van der Waals surface area contributed by atoms with E-state index in [2.05, 4.69) is 41.9 Å². The minimum Gasteiger partial charge on any atom is -0.375 e. The molecule has 33 heavy (non-hydrogen) atoms. The van der Waals surface area contributed by atoms with Gasteiger partial charge in [-0.2, -0.15) is 5.10 Å². The van der Waals surface area contributed by atoms with Crippen LogP contribution in [-0.2, 0) is 4.74 Å². The van der Waals surface area contributed by atoms with Gasteiger partial charge in [-0.25, -0.2) is 9.67 Å². The van der Waals surface area contributed by atoms with E-state index >= 15 is 0 Å². The molecule has 1 fully saturated rings. The molecule has 0 aliphatic carbocycles. The number of fused-ring (bicyclic) bond motifs is 1. The Morgan fingerprint density at radius 3 is 2.88 bits per heavy atom. The normalized spacial score (nSPS) is 17.4. The third kappa shape index (κ3) is 4.34. The van der Waals surface area contributed by atoms with Crippen LogP contribution < -0.4 is 10.6 Å². The highest BCUT2D eigenvalue weighted by Gasteiger charge is 2.22. The van der Waals surface area contributed by atoms with Crippen molar-refractivity contribution in [2.45, 2.75) is 38.8 Å². The SMILES string of the molecule is CCC[C@H](N)c1cccc(-c2cc(N3CCOC(C)C3)c3cnn(-c4ccccn4)c3c2)n1. The van der Waals surface area contributed by atoms with Crippen molar-refractivity contribution in [3.05, 3.63) is 66.6 Å². The van der Waals surface area contributed by atoms with Crippen LogP contribution in [0, 0.1) is 0 Å². The van der Waals surface area contributed by atoms with Crippen LogP contribution in [0.15, 0.2) is 60.9 Å². The monoisotopic (exact) mass is 442 g/mol. The molecule has 3 aromatic heterocycles. The number of hydrogen-bond donors (Lipinski definition) is 1. The maximum absolute atomic E-state index is 6.38. The van der Waals surface area contributed by atoms with Crippen molar-refractivity contribution in [1.82, 2.24) is 19.7 Å². The van der Waals surface area contributed by atoms with Crippen molar-refractivity contribution in [2.75, 3.05) is 24.6 Å². The van der Waals surface area contributed by atoms with Crippen LogP contribution in [0.25, 0.3) is 28.0 Å². The third-order valence-corrected chi connectivity index (χ3v) is 6.16. The van der Waals surface area contributed by atoms with Crippen LogP contribution in [0.3, 0.4) is 0 Å². The number of morpholine rings is 1. The first-order valence-corrected chi connectivity index (χ1v) is 11.7. The van der Waals surface area contributed by atoms with E-state index in [1.165, 1.54) is 0 Å². The molecule has 0 bridgehead atoms. The summed E-state index contributed by atoms with van der Waals surface area (Å²) in [6, 6.07) is 16.3. The van der Waals surface area contributed by atoms with Crippen molar-refractivity contribution in [3.63, 3.8) is 0 Å². The van der Waals surface area contributed by atoms with Gasteiger partial charge in [0.25, 0.3) is 0 Å². The predicted molar refractivity (Wildman–Crippen MR) is 132 cm³/mol. The molecule has 1 aliphatic rings. The van der Waals surface area contributed by atoms with E-state index < -0.39 is 0 Å². The molecule has 0 spiro atoms. The van der Waals surface area contributed by atoms with Gasteiger partial charge in [0.2, 0.25) is 0 Å². The topological polar surface area (TPSA) is 82.1 Å². The lowest BCUT2D eigenvalue weighted by Gasteiger charge is -2.33. The average Bonchev–Trinajstić information content (AvgIpc) is 3.28. The number of aromatic nitrogens is 4. The second kappa shape index (κ2) is 9.29. The molecule has 7 nitrogen and oxygen atoms in total. The molecule has 1 saturated heterocycles. The van der Waals surface area contributed by atoms with E-state index in [4.69, 9.17) is 20.6 Å². The first-order chi connectivity index (χ1) is 16.1. The largest absolute Gasteiger partial charge is 0.375 e. The number of nitrogens with zero attached hydrogens (tertiary/aromatic N) is 5. The summed E-state index contributed by atoms with van der Waals surface area (Å²) in [5, 5.41) is 5.80. The zero-order chi connectivity index (χ0) is 22.8. The lowest BCUT2D eigenvalue weighted by Crippen LogP contribution is -2.41. The fourth-order valence-electron chi connectivity index (χ4n) is 4.49. The van der Waals surface area contributed by atoms with Gasteiger partial charge >= 0.3 is 0 Å². The molecular weight excluding hydrogens is 412 g/mol. The second-order valence-corrected chi connectivity index (χ2v) is 8.64. The van der Waals surface area contributed by atoms with Crippen LogP contribution in [0.4, 0.5) is 5.69 Å². The smallest absolute Gasteiger partial charge is 0.153 e. The number of anilines is 1. The number of hydrogen-bond acceptors (Lipinski definition) is 6. The molecule has 2 atom stereocenters. The van der Waals surface area contributed by atoms with E-state index in [9.17, 15) is 0 Å². The Bertz CT molecular complexity index is 1240. The van der Waals surface area contributed by atoms with Crippen LogP contribution >= 0.6 is 0 Å². The van der Waals surface area contributed by atoms with E-state index in [0.717, 1.165) is 65.3 Å². The Morgan fingerprint density at radius 2 is 2.09 bits per heavy atom. The zero-order valence-corrected chi connectivity index (χ0v) is 19.2. The van der Waals surface area contributed by atoms with Crippen LogP contribution in [0.5, 0.6) is 0 Å². The molecule has 4 heterocycles. The maximum atomic E-state index is 6.38. The Balaban J connectivity index is 1.67. The standard InChI is InChI=1S/C26H30N6O/c1-3-7-21(27)23-9-6-8-22(30-23)19-14-24(31-12-13-33-18(2)17-31)20-16-29-32(25(20)15-19)26-10-4-5-11-28-26/h4-6,8-11,14-16,18,21H,3,7,12-13,17,27H2,1-2H3/t18?,21-/m0/s1. The Kier molecular flexibility index (Phi) is 6.07. The predicted octanol–water partition coefficient (Wildman–Crippen LogP) is 4.51. The maximum Gasteiger partial charge on any atom is 0.153 e. The fourth-order valence-corrected chi connectivity index (χ4v) is 4.49. The summed E-state index contributed by atoms with van der Waals surface area (Å²) in [5.41, 5.74) is 11.4. The van der Waals surface area contributed by atoms with Crippen LogP contribution in [0.2, 0.25) is 0 Å². The van der Waals surface area contributed by atoms with Gasteiger partial charge in [-0.1, -0.05) is 25.5 Å². The molecule has 2 N–H and O–H groups in total. The lowest BCUT2D eigenvalue weighted by molar-refractivity contribution is 0.0533. The van der Waals surface area contributed by atoms with Gasteiger partial charge in [0.1, 0.15) is 0 Å². The number of pyridine rings is 2. The molecule has 7 heteroatoms. The van der Waals surface area contributed by atoms with Gasteiger partial charge in [0, 0.05) is 42.0 Å². The van der Waals surface area contributed by atoms with Crippen molar-refractivity contribution < 1.29 is 4.74 Å². The number of nitrogens with two attached hydrogens (primary N) is 1. The number of ether oxygens (including phenoxy) is 1. The summed E-state index contributed by atoms with van der Waals surface area (Å²) >= 11 is 0. The molecule has 1 aliphatic heterocycles.